The highest BCUT2D eigenvalue weighted by Gasteiger charge is 2.45. The third kappa shape index (κ3) is 2.78. The lowest BCUT2D eigenvalue weighted by Crippen LogP contribution is -2.12. The van der Waals surface area contributed by atoms with E-state index in [1.54, 1.807) is 0 Å². The fourth-order valence-electron chi connectivity index (χ4n) is 1.35. The highest BCUT2D eigenvalue weighted by Crippen LogP contribution is 2.22. The molecule has 4 heteroatoms. The summed E-state index contributed by atoms with van der Waals surface area (Å²) in [4.78, 5) is 10.4. The predicted molar refractivity (Wildman–Crippen MR) is 52.4 cm³/mol. The number of carboxylic acid groups (broad SMARTS) is 1. The van der Waals surface area contributed by atoms with Crippen molar-refractivity contribution < 1.29 is 19.4 Å². The molecule has 0 aromatic heterocycles. The molecule has 80 valence electrons. The molecule has 0 saturated carbocycles. The normalized spacial score (nSPS) is 23.7. The summed E-state index contributed by atoms with van der Waals surface area (Å²) >= 11 is 0. The minimum Gasteiger partial charge on any atom is -0.479 e. The third-order valence-corrected chi connectivity index (χ3v) is 2.22. The number of carbonyl (C=O) groups is 1. The van der Waals surface area contributed by atoms with E-state index < -0.39 is 12.1 Å². The van der Waals surface area contributed by atoms with Crippen LogP contribution in [0.4, 0.5) is 0 Å². The van der Waals surface area contributed by atoms with Gasteiger partial charge in [-0.05, 0) is 5.56 Å². The van der Waals surface area contributed by atoms with Gasteiger partial charge in [-0.1, -0.05) is 30.3 Å². The summed E-state index contributed by atoms with van der Waals surface area (Å²) in [6.07, 6.45) is -0.938. The first-order valence-electron chi connectivity index (χ1n) is 4.77. The maximum absolute atomic E-state index is 10.4. The van der Waals surface area contributed by atoms with E-state index in [9.17, 15) is 4.79 Å². The van der Waals surface area contributed by atoms with Gasteiger partial charge >= 0.3 is 5.97 Å². The van der Waals surface area contributed by atoms with E-state index in [0.29, 0.717) is 13.2 Å². The topological polar surface area (TPSA) is 59.1 Å². The van der Waals surface area contributed by atoms with Gasteiger partial charge in [0.1, 0.15) is 6.10 Å². The Labute approximate surface area is 87.4 Å². The van der Waals surface area contributed by atoms with Crippen molar-refractivity contribution in [1.29, 1.82) is 0 Å². The van der Waals surface area contributed by atoms with Crippen LogP contribution in [0.1, 0.15) is 5.56 Å². The van der Waals surface area contributed by atoms with E-state index >= 15 is 0 Å². The average molecular weight is 208 g/mol. The number of hydrogen-bond donors (Lipinski definition) is 1. The van der Waals surface area contributed by atoms with E-state index in [1.165, 1.54) is 0 Å². The van der Waals surface area contributed by atoms with Crippen molar-refractivity contribution in [2.45, 2.75) is 18.8 Å². The number of epoxide rings is 1. The maximum Gasteiger partial charge on any atom is 0.335 e. The van der Waals surface area contributed by atoms with Crippen molar-refractivity contribution in [2.24, 2.45) is 0 Å². The van der Waals surface area contributed by atoms with Gasteiger partial charge in [-0.3, -0.25) is 0 Å². The Morgan fingerprint density at radius 1 is 1.40 bits per heavy atom. The first kappa shape index (κ1) is 10.1. The molecule has 2 rings (SSSR count). The van der Waals surface area contributed by atoms with Gasteiger partial charge in [0.2, 0.25) is 0 Å². The van der Waals surface area contributed by atoms with Crippen molar-refractivity contribution >= 4 is 5.97 Å². The molecule has 1 aromatic carbocycles. The highest BCUT2D eigenvalue weighted by atomic mass is 16.6. The molecule has 1 heterocycles. The second-order valence-electron chi connectivity index (χ2n) is 3.43. The van der Waals surface area contributed by atoms with Crippen LogP contribution < -0.4 is 0 Å². The Morgan fingerprint density at radius 2 is 2.13 bits per heavy atom. The fourth-order valence-corrected chi connectivity index (χ4v) is 1.35. The standard InChI is InChI=1S/C11H12O4/c12-11(13)10-9(15-10)7-14-6-8-4-2-1-3-5-8/h1-5,9-10H,6-7H2,(H,12,13)/t9-,10-/m0/s1. The van der Waals surface area contributed by atoms with Crippen LogP contribution >= 0.6 is 0 Å². The average Bonchev–Trinajstić information content (AvgIpc) is 2.99. The van der Waals surface area contributed by atoms with Crippen molar-refractivity contribution in [3.05, 3.63) is 35.9 Å². The van der Waals surface area contributed by atoms with Crippen LogP contribution in [-0.4, -0.2) is 29.9 Å². The SMILES string of the molecule is O=C(O)[C@H]1O[C@H]1COCc1ccccc1. The molecule has 15 heavy (non-hydrogen) atoms. The second kappa shape index (κ2) is 4.42. The maximum atomic E-state index is 10.4. The molecule has 0 spiro atoms. The minimum atomic E-state index is -0.914. The lowest BCUT2D eigenvalue weighted by atomic mass is 10.2. The third-order valence-electron chi connectivity index (χ3n) is 2.22. The number of ether oxygens (including phenoxy) is 2. The molecule has 4 nitrogen and oxygen atoms in total. The molecule has 1 fully saturated rings. The van der Waals surface area contributed by atoms with Crippen LogP contribution in [0.25, 0.3) is 0 Å². The molecular formula is C11H12O4. The van der Waals surface area contributed by atoms with Crippen molar-refractivity contribution in [3.8, 4) is 0 Å². The zero-order valence-corrected chi connectivity index (χ0v) is 8.13. The molecule has 0 aliphatic carbocycles. The van der Waals surface area contributed by atoms with Crippen molar-refractivity contribution in [2.75, 3.05) is 6.61 Å². The van der Waals surface area contributed by atoms with Crippen LogP contribution in [0, 0.1) is 0 Å². The van der Waals surface area contributed by atoms with Crippen LogP contribution in [0.2, 0.25) is 0 Å². The molecule has 1 saturated heterocycles. The number of hydrogen-bond acceptors (Lipinski definition) is 3. The Morgan fingerprint density at radius 3 is 2.73 bits per heavy atom. The van der Waals surface area contributed by atoms with E-state index in [1.807, 2.05) is 30.3 Å². The van der Waals surface area contributed by atoms with Gasteiger partial charge in [-0.15, -0.1) is 0 Å². The Bertz CT molecular complexity index is 336. The van der Waals surface area contributed by atoms with Gasteiger partial charge in [0, 0.05) is 0 Å². The lowest BCUT2D eigenvalue weighted by molar-refractivity contribution is -0.138. The molecule has 1 aromatic rings. The molecule has 0 radical (unpaired) electrons. The van der Waals surface area contributed by atoms with Gasteiger partial charge in [0.15, 0.2) is 6.10 Å². The van der Waals surface area contributed by atoms with Gasteiger partial charge in [0.05, 0.1) is 13.2 Å². The number of aliphatic carboxylic acids is 1. The number of benzene rings is 1. The van der Waals surface area contributed by atoms with E-state index in [-0.39, 0.29) is 6.10 Å². The molecular weight excluding hydrogens is 196 g/mol. The minimum absolute atomic E-state index is 0.272. The van der Waals surface area contributed by atoms with Crippen molar-refractivity contribution in [1.82, 2.24) is 0 Å². The molecule has 2 atom stereocenters. The predicted octanol–water partition coefficient (Wildman–Crippen LogP) is 1.06. The summed E-state index contributed by atoms with van der Waals surface area (Å²) in [6, 6.07) is 9.73. The Hall–Kier alpha value is -1.39. The Balaban J connectivity index is 1.67. The molecule has 1 N–H and O–H groups in total. The van der Waals surface area contributed by atoms with Gasteiger partial charge in [-0.2, -0.15) is 0 Å². The summed E-state index contributed by atoms with van der Waals surface area (Å²) in [7, 11) is 0. The van der Waals surface area contributed by atoms with Crippen LogP contribution in [0.3, 0.4) is 0 Å². The highest BCUT2D eigenvalue weighted by molar-refractivity contribution is 5.75. The number of rotatable bonds is 5. The first-order chi connectivity index (χ1) is 7.27. The zero-order chi connectivity index (χ0) is 10.7. The van der Waals surface area contributed by atoms with Gasteiger partial charge in [0.25, 0.3) is 0 Å². The summed E-state index contributed by atoms with van der Waals surface area (Å²) < 4.78 is 10.2. The van der Waals surface area contributed by atoms with E-state index in [4.69, 9.17) is 14.6 Å². The summed E-state index contributed by atoms with van der Waals surface area (Å²) in [5, 5.41) is 8.56. The van der Waals surface area contributed by atoms with Crippen molar-refractivity contribution in [3.63, 3.8) is 0 Å². The molecule has 1 aliphatic heterocycles. The van der Waals surface area contributed by atoms with E-state index in [0.717, 1.165) is 5.56 Å². The lowest BCUT2D eigenvalue weighted by Gasteiger charge is -2.01. The summed E-state index contributed by atoms with van der Waals surface area (Å²) in [6.45, 7) is 0.832. The molecule has 0 unspecified atom stereocenters. The van der Waals surface area contributed by atoms with Crippen LogP contribution in [0.5, 0.6) is 0 Å². The monoisotopic (exact) mass is 208 g/mol. The smallest absolute Gasteiger partial charge is 0.335 e. The van der Waals surface area contributed by atoms with Crippen LogP contribution in [0.15, 0.2) is 30.3 Å². The summed E-state index contributed by atoms with van der Waals surface area (Å²) in [5.74, 6) is -0.914. The second-order valence-corrected chi connectivity index (χ2v) is 3.43. The van der Waals surface area contributed by atoms with Gasteiger partial charge < -0.3 is 14.6 Å². The Kier molecular flexibility index (Phi) is 2.99. The largest absolute Gasteiger partial charge is 0.479 e. The van der Waals surface area contributed by atoms with Gasteiger partial charge in [-0.25, -0.2) is 4.79 Å². The van der Waals surface area contributed by atoms with Crippen LogP contribution in [-0.2, 0) is 20.9 Å². The van der Waals surface area contributed by atoms with E-state index in [2.05, 4.69) is 0 Å². The summed E-state index contributed by atoms with van der Waals surface area (Å²) in [5.41, 5.74) is 1.07. The molecule has 1 aliphatic rings. The molecule has 0 amide bonds. The molecule has 0 bridgehead atoms. The number of carboxylic acids is 1. The first-order valence-corrected chi connectivity index (χ1v) is 4.77. The quantitative estimate of drug-likeness (QED) is 0.735. The fraction of sp³-hybridized carbons (Fsp3) is 0.364. The zero-order valence-electron chi connectivity index (χ0n) is 8.13.